The minimum Gasteiger partial charge on any atom is -0.221 e. The van der Waals surface area contributed by atoms with E-state index in [0.717, 1.165) is 0 Å². The van der Waals surface area contributed by atoms with Crippen molar-refractivity contribution in [3.05, 3.63) is 0 Å². The van der Waals surface area contributed by atoms with Gasteiger partial charge in [0.05, 0.1) is 13.1 Å². The number of nitrogens with zero attached hydrogens (tertiary/aromatic N) is 2. The molecule has 0 aromatic rings. The van der Waals surface area contributed by atoms with Gasteiger partial charge in [0.1, 0.15) is 6.04 Å². The topological polar surface area (TPSA) is 15.4 Å². The molecule has 2 heteroatoms. The fraction of sp³-hybridized carbons (Fsp3) is 0.875. The van der Waals surface area contributed by atoms with Gasteiger partial charge in [-0.15, -0.1) is 0 Å². The third-order valence-electron chi connectivity index (χ3n) is 1.25. The Morgan fingerprint density at radius 3 is 2.00 bits per heavy atom. The predicted molar refractivity (Wildman–Crippen MR) is 43.9 cm³/mol. The zero-order valence-corrected chi connectivity index (χ0v) is 7.55. The van der Waals surface area contributed by atoms with Crippen LogP contribution in [0, 0.1) is 0 Å². The molecule has 0 rings (SSSR count). The summed E-state index contributed by atoms with van der Waals surface area (Å²) in [5, 5.41) is 0. The molecule has 0 aromatic heterocycles. The predicted octanol–water partition coefficient (Wildman–Crippen LogP) is 1.62. The molecule has 0 aliphatic carbocycles. The van der Waals surface area contributed by atoms with E-state index in [2.05, 4.69) is 24.8 Å². The first-order valence-corrected chi connectivity index (χ1v) is 3.72. The summed E-state index contributed by atoms with van der Waals surface area (Å²) in [4.78, 5) is 4.12. The van der Waals surface area contributed by atoms with E-state index in [4.69, 9.17) is 0 Å². The minimum absolute atomic E-state index is 0.348. The van der Waals surface area contributed by atoms with Gasteiger partial charge in [0.25, 0.3) is 0 Å². The van der Waals surface area contributed by atoms with E-state index in [9.17, 15) is 0 Å². The van der Waals surface area contributed by atoms with Crippen LogP contribution >= 0.6 is 0 Å². The molecule has 0 unspecified atom stereocenters. The Balaban J connectivity index is 4.14. The van der Waals surface area contributed by atoms with Crippen molar-refractivity contribution in [3.8, 4) is 0 Å². The quantitative estimate of drug-likeness (QED) is 0.410. The second-order valence-corrected chi connectivity index (χ2v) is 3.03. The van der Waals surface area contributed by atoms with Gasteiger partial charge in [0.2, 0.25) is 0 Å². The van der Waals surface area contributed by atoms with E-state index in [1.54, 1.807) is 0 Å². The SMILES string of the molecule is CC(C)N=C=[N+](C)C(C)C. The number of rotatable bonds is 2. The van der Waals surface area contributed by atoms with Gasteiger partial charge in [-0.05, 0) is 32.7 Å². The van der Waals surface area contributed by atoms with Gasteiger partial charge in [0.15, 0.2) is 0 Å². The van der Waals surface area contributed by atoms with Crippen molar-refractivity contribution in [2.24, 2.45) is 4.99 Å². The minimum atomic E-state index is 0.348. The Labute approximate surface area is 63.3 Å². The number of hydrogen-bond donors (Lipinski definition) is 0. The summed E-state index contributed by atoms with van der Waals surface area (Å²) in [5.41, 5.74) is 0. The van der Waals surface area contributed by atoms with E-state index in [1.807, 2.05) is 25.5 Å². The van der Waals surface area contributed by atoms with Crippen molar-refractivity contribution >= 4 is 6.01 Å². The van der Waals surface area contributed by atoms with Crippen LogP contribution in [-0.2, 0) is 0 Å². The zero-order valence-electron chi connectivity index (χ0n) is 7.55. The van der Waals surface area contributed by atoms with Gasteiger partial charge < -0.3 is 0 Å². The van der Waals surface area contributed by atoms with Crippen LogP contribution in [0.1, 0.15) is 27.7 Å². The molecule has 0 saturated heterocycles. The largest absolute Gasteiger partial charge is 0.306 e. The van der Waals surface area contributed by atoms with Crippen LogP contribution in [0.2, 0.25) is 0 Å². The van der Waals surface area contributed by atoms with E-state index in [-0.39, 0.29) is 0 Å². The summed E-state index contributed by atoms with van der Waals surface area (Å²) in [5.74, 6) is 0. The molecule has 0 spiro atoms. The third kappa shape index (κ3) is 4.28. The molecule has 0 fully saturated rings. The first-order chi connectivity index (χ1) is 4.54. The molecule has 0 aliphatic heterocycles. The van der Waals surface area contributed by atoms with E-state index in [1.165, 1.54) is 0 Å². The van der Waals surface area contributed by atoms with E-state index in [0.29, 0.717) is 12.1 Å². The highest BCUT2D eigenvalue weighted by atomic mass is 15.0. The lowest BCUT2D eigenvalue weighted by molar-refractivity contribution is -0.523. The van der Waals surface area contributed by atoms with Gasteiger partial charge >= 0.3 is 6.01 Å². The second kappa shape index (κ2) is 4.24. The van der Waals surface area contributed by atoms with Crippen LogP contribution in [-0.4, -0.2) is 29.7 Å². The van der Waals surface area contributed by atoms with Crippen LogP contribution < -0.4 is 0 Å². The Kier molecular flexibility index (Phi) is 3.97. The summed E-state index contributed by atoms with van der Waals surface area (Å²) >= 11 is 0. The highest BCUT2D eigenvalue weighted by molar-refractivity contribution is 5.34. The highest BCUT2D eigenvalue weighted by Crippen LogP contribution is 1.83. The maximum absolute atomic E-state index is 4.12. The van der Waals surface area contributed by atoms with E-state index >= 15 is 0 Å². The molecular formula is C8H17N2+. The lowest BCUT2D eigenvalue weighted by Gasteiger charge is -1.96. The van der Waals surface area contributed by atoms with Crippen LogP contribution in [0.5, 0.6) is 0 Å². The lowest BCUT2D eigenvalue weighted by atomic mass is 10.4. The first-order valence-electron chi connectivity index (χ1n) is 3.72. The summed E-state index contributed by atoms with van der Waals surface area (Å²) in [7, 11) is 1.98. The molecule has 58 valence electrons. The summed E-state index contributed by atoms with van der Waals surface area (Å²) in [6, 6.07) is 3.78. The zero-order chi connectivity index (χ0) is 8.15. The summed E-state index contributed by atoms with van der Waals surface area (Å²) < 4.78 is 1.97. The van der Waals surface area contributed by atoms with E-state index < -0.39 is 0 Å². The Hall–Kier alpha value is -0.620. The lowest BCUT2D eigenvalue weighted by Crippen LogP contribution is -2.14. The van der Waals surface area contributed by atoms with Crippen molar-refractivity contribution in [2.75, 3.05) is 7.05 Å². The average molecular weight is 141 g/mol. The smallest absolute Gasteiger partial charge is 0.221 e. The van der Waals surface area contributed by atoms with Crippen LogP contribution in [0.15, 0.2) is 4.99 Å². The molecule has 0 heterocycles. The van der Waals surface area contributed by atoms with Gasteiger partial charge in [0, 0.05) is 0 Å². The van der Waals surface area contributed by atoms with Crippen LogP contribution in [0.3, 0.4) is 0 Å². The molecule has 0 radical (unpaired) electrons. The molecule has 0 saturated carbocycles. The molecule has 10 heavy (non-hydrogen) atoms. The second-order valence-electron chi connectivity index (χ2n) is 3.03. The third-order valence-corrected chi connectivity index (χ3v) is 1.25. The fourth-order valence-electron chi connectivity index (χ4n) is 0.322. The Morgan fingerprint density at radius 2 is 1.70 bits per heavy atom. The fourth-order valence-corrected chi connectivity index (χ4v) is 0.322. The molecule has 0 atom stereocenters. The monoisotopic (exact) mass is 141 g/mol. The van der Waals surface area contributed by atoms with Crippen molar-refractivity contribution in [1.82, 2.24) is 0 Å². The van der Waals surface area contributed by atoms with Crippen molar-refractivity contribution in [1.29, 1.82) is 0 Å². The Morgan fingerprint density at radius 1 is 1.20 bits per heavy atom. The number of hydrogen-bond acceptors (Lipinski definition) is 1. The molecule has 0 bridgehead atoms. The summed E-state index contributed by atoms with van der Waals surface area (Å²) in [6.45, 7) is 8.31. The van der Waals surface area contributed by atoms with Crippen LogP contribution in [0.4, 0.5) is 0 Å². The molecule has 0 N–H and O–H groups in total. The number of aliphatic imine (C=N–C) groups is 1. The van der Waals surface area contributed by atoms with Gasteiger partial charge in [-0.2, -0.15) is 0 Å². The standard InChI is InChI=1S/C8H17N2/c1-7(2)9-6-10(5)8(3)4/h7-8H,1-5H3/q+1. The van der Waals surface area contributed by atoms with Gasteiger partial charge in [-0.3, -0.25) is 0 Å². The maximum atomic E-state index is 4.12. The van der Waals surface area contributed by atoms with Crippen molar-refractivity contribution in [2.45, 2.75) is 39.8 Å². The summed E-state index contributed by atoms with van der Waals surface area (Å²) in [6.07, 6.45) is 0. The first kappa shape index (κ1) is 9.38. The van der Waals surface area contributed by atoms with Gasteiger partial charge in [-0.1, -0.05) is 0 Å². The normalized spacial score (nSPS) is 9.90. The average Bonchev–Trinajstić information content (AvgIpc) is 1.82. The highest BCUT2D eigenvalue weighted by Gasteiger charge is 1.97. The molecule has 0 aromatic carbocycles. The molecule has 0 amide bonds. The maximum Gasteiger partial charge on any atom is 0.306 e. The molecule has 0 aliphatic rings. The van der Waals surface area contributed by atoms with Gasteiger partial charge in [-0.25, -0.2) is 4.58 Å². The molecule has 2 nitrogen and oxygen atoms in total. The van der Waals surface area contributed by atoms with Crippen molar-refractivity contribution < 1.29 is 4.58 Å². The van der Waals surface area contributed by atoms with Crippen molar-refractivity contribution in [3.63, 3.8) is 0 Å². The van der Waals surface area contributed by atoms with Crippen LogP contribution in [0.25, 0.3) is 0 Å². The molecular weight excluding hydrogens is 124 g/mol. The Bertz CT molecular complexity index is 151.